The lowest BCUT2D eigenvalue weighted by Crippen LogP contribution is -2.42. The number of aliphatic imine (C=N–C) groups is 1. The van der Waals surface area contributed by atoms with E-state index in [1.807, 2.05) is 4.90 Å². The largest absolute Gasteiger partial charge is 0.480 e. The van der Waals surface area contributed by atoms with Crippen molar-refractivity contribution >= 4 is 46.7 Å². The maximum absolute atomic E-state index is 14.6. The molecule has 0 amide bonds. The first-order chi connectivity index (χ1) is 21.3. The molecule has 1 fully saturated rings. The number of anilines is 1. The van der Waals surface area contributed by atoms with E-state index < -0.39 is 34.6 Å². The minimum Gasteiger partial charge on any atom is -0.480 e. The van der Waals surface area contributed by atoms with Gasteiger partial charge in [0.1, 0.15) is 11.6 Å². The van der Waals surface area contributed by atoms with E-state index in [4.69, 9.17) is 30.8 Å². The van der Waals surface area contributed by atoms with Crippen molar-refractivity contribution in [3.8, 4) is 5.88 Å². The molecule has 2 aliphatic rings. The van der Waals surface area contributed by atoms with Crippen LogP contribution in [0.3, 0.4) is 0 Å². The second-order valence-electron chi connectivity index (χ2n) is 9.73. The van der Waals surface area contributed by atoms with E-state index in [9.17, 15) is 18.4 Å². The SMILES string of the molecule is CCOC(=O)C1=C(C2CCN(c3ncc(C(=O)OCC)c(OC)n3)CC2)NC(c2nccs2)=NC1c1ccc(F)c(F)c1Cl. The Hall–Kier alpha value is -4.17. The van der Waals surface area contributed by atoms with Crippen molar-refractivity contribution in [2.45, 2.75) is 32.7 Å². The number of methoxy groups -OCH3 is 1. The second-order valence-corrected chi connectivity index (χ2v) is 11.0. The standard InChI is InChI=1S/C29H29ClF2N6O5S/c1-4-42-27(39)17-14-34-29(37-25(17)41-3)38-11-8-15(9-12-38)22-19(28(40)43-5-2)23(16-6-7-18(31)21(32)20(16)30)36-24(35-22)26-33-10-13-44-26/h6-7,10,13-15,23H,4-5,8-9,11-12H2,1-3H3,(H,35,36). The van der Waals surface area contributed by atoms with Gasteiger partial charge in [0.05, 0.1) is 37.1 Å². The van der Waals surface area contributed by atoms with Gasteiger partial charge in [-0.1, -0.05) is 17.7 Å². The van der Waals surface area contributed by atoms with Crippen LogP contribution in [-0.2, 0) is 14.3 Å². The van der Waals surface area contributed by atoms with Crippen molar-refractivity contribution in [3.05, 3.63) is 74.0 Å². The van der Waals surface area contributed by atoms with Crippen molar-refractivity contribution in [3.63, 3.8) is 0 Å². The monoisotopic (exact) mass is 646 g/mol. The zero-order valence-electron chi connectivity index (χ0n) is 24.1. The summed E-state index contributed by atoms with van der Waals surface area (Å²) in [6.45, 7) is 4.66. The number of piperidine rings is 1. The number of carbonyl (C=O) groups excluding carboxylic acids is 2. The number of aromatic nitrogens is 3. The zero-order chi connectivity index (χ0) is 31.4. The van der Waals surface area contributed by atoms with E-state index in [-0.39, 0.29) is 41.7 Å². The molecule has 2 aromatic heterocycles. The minimum absolute atomic E-state index is 0.0936. The Balaban J connectivity index is 1.49. The molecule has 0 aliphatic carbocycles. The number of rotatable bonds is 9. The fraction of sp³-hybridized carbons (Fsp3) is 0.379. The van der Waals surface area contributed by atoms with Crippen LogP contribution in [0.25, 0.3) is 0 Å². The maximum atomic E-state index is 14.6. The average Bonchev–Trinajstić information content (AvgIpc) is 3.58. The molecule has 5 rings (SSSR count). The van der Waals surface area contributed by atoms with E-state index in [2.05, 4.69) is 20.3 Å². The maximum Gasteiger partial charge on any atom is 0.345 e. The zero-order valence-corrected chi connectivity index (χ0v) is 25.7. The third-order valence-corrected chi connectivity index (χ3v) is 8.34. The number of ether oxygens (including phenoxy) is 3. The normalized spacial score (nSPS) is 17.2. The Bertz CT molecular complexity index is 1610. The molecule has 11 nitrogen and oxygen atoms in total. The summed E-state index contributed by atoms with van der Waals surface area (Å²) in [5.41, 5.74) is 0.960. The first kappa shape index (κ1) is 31.3. The van der Waals surface area contributed by atoms with Crippen LogP contribution < -0.4 is 15.0 Å². The first-order valence-electron chi connectivity index (χ1n) is 13.9. The van der Waals surface area contributed by atoms with Gasteiger partial charge in [0.15, 0.2) is 22.5 Å². The fourth-order valence-electron chi connectivity index (χ4n) is 5.13. The molecule has 44 heavy (non-hydrogen) atoms. The van der Waals surface area contributed by atoms with Crippen LogP contribution in [0.2, 0.25) is 5.02 Å². The number of nitrogens with one attached hydrogen (secondary N) is 1. The van der Waals surface area contributed by atoms with Crippen LogP contribution >= 0.6 is 22.9 Å². The van der Waals surface area contributed by atoms with Crippen molar-refractivity contribution in [2.24, 2.45) is 10.9 Å². The number of nitrogens with zero attached hydrogens (tertiary/aromatic N) is 5. The summed E-state index contributed by atoms with van der Waals surface area (Å²) < 4.78 is 44.5. The van der Waals surface area contributed by atoms with Crippen LogP contribution in [0, 0.1) is 17.6 Å². The van der Waals surface area contributed by atoms with Gasteiger partial charge in [-0.15, -0.1) is 11.3 Å². The molecule has 0 bridgehead atoms. The Labute approximate surface area is 260 Å². The summed E-state index contributed by atoms with van der Waals surface area (Å²) in [6, 6.07) is 1.21. The summed E-state index contributed by atoms with van der Waals surface area (Å²) in [5.74, 6) is -2.90. The van der Waals surface area contributed by atoms with Gasteiger partial charge in [0, 0.05) is 41.8 Å². The summed E-state index contributed by atoms with van der Waals surface area (Å²) >= 11 is 7.63. The highest BCUT2D eigenvalue weighted by atomic mass is 35.5. The van der Waals surface area contributed by atoms with E-state index >= 15 is 0 Å². The van der Waals surface area contributed by atoms with Gasteiger partial charge in [0.2, 0.25) is 11.8 Å². The van der Waals surface area contributed by atoms with Crippen LogP contribution in [0.15, 0.2) is 46.2 Å². The van der Waals surface area contributed by atoms with E-state index in [0.717, 1.165) is 6.07 Å². The molecule has 4 heterocycles. The molecule has 0 saturated carbocycles. The fourth-order valence-corrected chi connectivity index (χ4v) is 5.97. The third kappa shape index (κ3) is 6.22. The average molecular weight is 647 g/mol. The van der Waals surface area contributed by atoms with Crippen molar-refractivity contribution in [1.82, 2.24) is 20.3 Å². The summed E-state index contributed by atoms with van der Waals surface area (Å²) in [7, 11) is 1.41. The lowest BCUT2D eigenvalue weighted by molar-refractivity contribution is -0.139. The number of benzene rings is 1. The van der Waals surface area contributed by atoms with Crippen molar-refractivity contribution < 1.29 is 32.6 Å². The molecule has 0 spiro atoms. The molecule has 1 saturated heterocycles. The molecule has 2 aliphatic heterocycles. The smallest absolute Gasteiger partial charge is 0.345 e. The highest BCUT2D eigenvalue weighted by Crippen LogP contribution is 2.41. The van der Waals surface area contributed by atoms with Crippen LogP contribution in [0.5, 0.6) is 5.88 Å². The van der Waals surface area contributed by atoms with E-state index in [1.165, 1.54) is 30.7 Å². The topological polar surface area (TPSA) is 128 Å². The third-order valence-electron chi connectivity index (χ3n) is 7.18. The van der Waals surface area contributed by atoms with Gasteiger partial charge in [0.25, 0.3) is 0 Å². The van der Waals surface area contributed by atoms with Crippen molar-refractivity contribution in [1.29, 1.82) is 0 Å². The Kier molecular flexibility index (Phi) is 9.69. The number of carbonyl (C=O) groups is 2. The van der Waals surface area contributed by atoms with Gasteiger partial charge < -0.3 is 24.4 Å². The van der Waals surface area contributed by atoms with Crippen LogP contribution in [-0.4, -0.2) is 66.1 Å². The number of halogens is 3. The number of hydrogen-bond acceptors (Lipinski definition) is 12. The van der Waals surface area contributed by atoms with Gasteiger partial charge in [-0.25, -0.2) is 28.3 Å². The lowest BCUT2D eigenvalue weighted by atomic mass is 9.85. The predicted octanol–water partition coefficient (Wildman–Crippen LogP) is 4.87. The quantitative estimate of drug-likeness (QED) is 0.254. The van der Waals surface area contributed by atoms with E-state index in [0.29, 0.717) is 48.4 Å². The summed E-state index contributed by atoms with van der Waals surface area (Å²) in [5, 5.41) is 5.18. The summed E-state index contributed by atoms with van der Waals surface area (Å²) in [6.07, 6.45) is 4.11. The Morgan fingerprint density at radius 1 is 1.11 bits per heavy atom. The molecule has 232 valence electrons. The molecule has 1 N–H and O–H groups in total. The van der Waals surface area contributed by atoms with Gasteiger partial charge >= 0.3 is 11.9 Å². The number of thiazole rings is 1. The molecule has 15 heteroatoms. The molecule has 1 aromatic carbocycles. The Morgan fingerprint density at radius 3 is 2.50 bits per heavy atom. The number of esters is 2. The summed E-state index contributed by atoms with van der Waals surface area (Å²) in [4.78, 5) is 45.5. The highest BCUT2D eigenvalue weighted by molar-refractivity contribution is 7.11. The number of amidine groups is 1. The second kappa shape index (κ2) is 13.6. The molecular formula is C29H29ClF2N6O5S. The first-order valence-corrected chi connectivity index (χ1v) is 15.1. The predicted molar refractivity (Wildman–Crippen MR) is 159 cm³/mol. The van der Waals surface area contributed by atoms with Crippen molar-refractivity contribution in [2.75, 3.05) is 38.3 Å². The Morgan fingerprint density at radius 2 is 1.84 bits per heavy atom. The minimum atomic E-state index is -1.23. The van der Waals surface area contributed by atoms with Crippen LogP contribution in [0.4, 0.5) is 14.7 Å². The molecular weight excluding hydrogens is 618 g/mol. The van der Waals surface area contributed by atoms with E-state index in [1.54, 1.807) is 25.4 Å². The van der Waals surface area contributed by atoms with Gasteiger partial charge in [-0.05, 0) is 32.8 Å². The number of hydrogen-bond donors (Lipinski definition) is 1. The molecule has 1 unspecified atom stereocenters. The molecule has 3 aromatic rings. The highest BCUT2D eigenvalue weighted by Gasteiger charge is 2.38. The number of allylic oxidation sites excluding steroid dienone is 1. The van der Waals surface area contributed by atoms with Crippen LogP contribution in [0.1, 0.15) is 53.7 Å². The van der Waals surface area contributed by atoms with Gasteiger partial charge in [-0.3, -0.25) is 4.99 Å². The van der Waals surface area contributed by atoms with Gasteiger partial charge in [-0.2, -0.15) is 4.98 Å². The molecule has 1 atom stereocenters. The molecule has 0 radical (unpaired) electrons. The lowest BCUT2D eigenvalue weighted by Gasteiger charge is -2.36.